The minimum absolute atomic E-state index is 0.0470. The van der Waals surface area contributed by atoms with Gasteiger partial charge in [0, 0.05) is 11.8 Å². The molecule has 0 spiro atoms. The third-order valence-corrected chi connectivity index (χ3v) is 7.11. The average molecular weight is 404 g/mol. The van der Waals surface area contributed by atoms with Gasteiger partial charge in [0.2, 0.25) is 5.91 Å². The molecular weight excluding hydrogens is 382 g/mol. The molecule has 0 aliphatic rings. The molecule has 0 saturated heterocycles. The standard InChI is InChI=1S/C19H21N3OS3/c1-3-10-20-17(23)12-24-18-21-22-19(26-18)25-13(2)15-9-8-14-6-4-5-7-16(14)11-15/h4-9,11,13H,3,10,12H2,1-2H3,(H,20,23). The van der Waals surface area contributed by atoms with Crippen molar-refractivity contribution in [1.82, 2.24) is 15.5 Å². The summed E-state index contributed by atoms with van der Waals surface area (Å²) in [6.07, 6.45) is 0.947. The Morgan fingerprint density at radius 3 is 2.73 bits per heavy atom. The van der Waals surface area contributed by atoms with E-state index in [9.17, 15) is 4.79 Å². The van der Waals surface area contributed by atoms with Gasteiger partial charge in [0.1, 0.15) is 0 Å². The van der Waals surface area contributed by atoms with Gasteiger partial charge in [-0.3, -0.25) is 4.79 Å². The van der Waals surface area contributed by atoms with Crippen LogP contribution >= 0.6 is 34.9 Å². The molecule has 0 saturated carbocycles. The normalized spacial score (nSPS) is 12.2. The van der Waals surface area contributed by atoms with Crippen LogP contribution in [0.5, 0.6) is 0 Å². The second-order valence-electron chi connectivity index (χ2n) is 5.84. The second kappa shape index (κ2) is 9.39. The summed E-state index contributed by atoms with van der Waals surface area (Å²) in [6.45, 7) is 4.94. The zero-order valence-corrected chi connectivity index (χ0v) is 17.2. The van der Waals surface area contributed by atoms with Crippen LogP contribution in [0.25, 0.3) is 10.8 Å². The second-order valence-corrected chi connectivity index (χ2v) is 9.63. The van der Waals surface area contributed by atoms with Crippen molar-refractivity contribution in [2.75, 3.05) is 12.3 Å². The van der Waals surface area contributed by atoms with Gasteiger partial charge in [-0.25, -0.2) is 0 Å². The number of nitrogens with one attached hydrogen (secondary N) is 1. The summed E-state index contributed by atoms with van der Waals surface area (Å²) < 4.78 is 1.77. The van der Waals surface area contributed by atoms with Crippen molar-refractivity contribution in [3.05, 3.63) is 48.0 Å². The predicted octanol–water partition coefficient (Wildman–Crippen LogP) is 5.16. The molecule has 0 bridgehead atoms. The zero-order chi connectivity index (χ0) is 18.4. The Bertz CT molecular complexity index is 881. The monoisotopic (exact) mass is 403 g/mol. The van der Waals surface area contributed by atoms with E-state index in [0.717, 1.165) is 21.6 Å². The molecule has 7 heteroatoms. The SMILES string of the molecule is CCCNC(=O)CSc1nnc(SC(C)c2ccc3ccccc3c2)s1. The first kappa shape index (κ1) is 19.2. The molecule has 3 rings (SSSR count). The molecule has 4 nitrogen and oxygen atoms in total. The van der Waals surface area contributed by atoms with Gasteiger partial charge in [-0.1, -0.05) is 84.2 Å². The molecule has 1 N–H and O–H groups in total. The molecule has 1 atom stereocenters. The number of fused-ring (bicyclic) bond motifs is 1. The molecular formula is C19H21N3OS3. The maximum atomic E-state index is 11.7. The van der Waals surface area contributed by atoms with Crippen LogP contribution in [-0.4, -0.2) is 28.4 Å². The minimum atomic E-state index is 0.0470. The highest BCUT2D eigenvalue weighted by molar-refractivity contribution is 8.03. The summed E-state index contributed by atoms with van der Waals surface area (Å²) in [5.74, 6) is 0.435. The summed E-state index contributed by atoms with van der Waals surface area (Å²) in [4.78, 5) is 11.7. The first-order valence-electron chi connectivity index (χ1n) is 8.54. The van der Waals surface area contributed by atoms with Gasteiger partial charge < -0.3 is 5.32 Å². The molecule has 0 aliphatic heterocycles. The molecule has 0 aliphatic carbocycles. The maximum absolute atomic E-state index is 11.7. The van der Waals surface area contributed by atoms with E-state index in [1.807, 2.05) is 6.92 Å². The highest BCUT2D eigenvalue weighted by Gasteiger charge is 2.13. The van der Waals surface area contributed by atoms with Gasteiger partial charge in [-0.05, 0) is 29.7 Å². The summed E-state index contributed by atoms with van der Waals surface area (Å²) in [6, 6.07) is 15.0. The van der Waals surface area contributed by atoms with Crippen LogP contribution in [0.4, 0.5) is 0 Å². The fourth-order valence-corrected chi connectivity index (χ4v) is 5.54. The molecule has 1 unspecified atom stereocenters. The average Bonchev–Trinajstić information content (AvgIpc) is 3.11. The molecule has 136 valence electrons. The lowest BCUT2D eigenvalue weighted by atomic mass is 10.1. The molecule has 2 aromatic carbocycles. The molecule has 1 heterocycles. The van der Waals surface area contributed by atoms with E-state index in [4.69, 9.17) is 0 Å². The highest BCUT2D eigenvalue weighted by atomic mass is 32.2. The fourth-order valence-electron chi connectivity index (χ4n) is 2.43. The first-order chi connectivity index (χ1) is 12.7. The molecule has 1 aromatic heterocycles. The highest BCUT2D eigenvalue weighted by Crippen LogP contribution is 2.38. The third kappa shape index (κ3) is 5.22. The van der Waals surface area contributed by atoms with Crippen LogP contribution in [0.2, 0.25) is 0 Å². The van der Waals surface area contributed by atoms with Crippen molar-refractivity contribution in [1.29, 1.82) is 0 Å². The van der Waals surface area contributed by atoms with Crippen molar-refractivity contribution < 1.29 is 4.79 Å². The van der Waals surface area contributed by atoms with Crippen LogP contribution in [0.15, 0.2) is 51.1 Å². The van der Waals surface area contributed by atoms with E-state index in [1.165, 1.54) is 28.1 Å². The number of benzene rings is 2. The van der Waals surface area contributed by atoms with Crippen molar-refractivity contribution in [2.45, 2.75) is 34.2 Å². The van der Waals surface area contributed by atoms with Gasteiger partial charge in [-0.2, -0.15) is 0 Å². The number of hydrogen-bond acceptors (Lipinski definition) is 6. The first-order valence-corrected chi connectivity index (χ1v) is 11.2. The number of aromatic nitrogens is 2. The summed E-state index contributed by atoms with van der Waals surface area (Å²) in [5, 5.41) is 14.1. The van der Waals surface area contributed by atoms with Crippen molar-refractivity contribution in [3.63, 3.8) is 0 Å². The lowest BCUT2D eigenvalue weighted by Crippen LogP contribution is -2.25. The van der Waals surface area contributed by atoms with Crippen LogP contribution in [-0.2, 0) is 4.79 Å². The van der Waals surface area contributed by atoms with Crippen molar-refractivity contribution >= 4 is 51.5 Å². The van der Waals surface area contributed by atoms with E-state index < -0.39 is 0 Å². The predicted molar refractivity (Wildman–Crippen MR) is 112 cm³/mol. The number of thioether (sulfide) groups is 2. The summed E-state index contributed by atoms with van der Waals surface area (Å²) in [7, 11) is 0. The van der Waals surface area contributed by atoms with Crippen molar-refractivity contribution in [2.24, 2.45) is 0 Å². The van der Waals surface area contributed by atoms with Crippen LogP contribution in [0, 0.1) is 0 Å². The van der Waals surface area contributed by atoms with Gasteiger partial charge >= 0.3 is 0 Å². The Morgan fingerprint density at radius 2 is 1.92 bits per heavy atom. The molecule has 0 fully saturated rings. The number of rotatable bonds is 8. The Morgan fingerprint density at radius 1 is 1.15 bits per heavy atom. The lowest BCUT2D eigenvalue weighted by molar-refractivity contribution is -0.118. The topological polar surface area (TPSA) is 54.9 Å². The Balaban J connectivity index is 1.58. The van der Waals surface area contributed by atoms with Crippen LogP contribution in [0.3, 0.4) is 0 Å². The zero-order valence-electron chi connectivity index (χ0n) is 14.8. The van der Waals surface area contributed by atoms with E-state index in [-0.39, 0.29) is 5.91 Å². The van der Waals surface area contributed by atoms with Gasteiger partial charge in [0.15, 0.2) is 8.68 Å². The summed E-state index contributed by atoms with van der Waals surface area (Å²) >= 11 is 4.70. The van der Waals surface area contributed by atoms with E-state index in [1.54, 1.807) is 23.1 Å². The lowest BCUT2D eigenvalue weighted by Gasteiger charge is -2.10. The molecule has 0 radical (unpaired) electrons. The number of amides is 1. The minimum Gasteiger partial charge on any atom is -0.355 e. The molecule has 3 aromatic rings. The fraction of sp³-hybridized carbons (Fsp3) is 0.316. The molecule has 26 heavy (non-hydrogen) atoms. The summed E-state index contributed by atoms with van der Waals surface area (Å²) in [5.41, 5.74) is 1.28. The smallest absolute Gasteiger partial charge is 0.230 e. The number of carbonyl (C=O) groups is 1. The van der Waals surface area contributed by atoms with Gasteiger partial charge in [0.05, 0.1) is 5.75 Å². The third-order valence-electron chi connectivity index (χ3n) is 3.81. The maximum Gasteiger partial charge on any atom is 0.230 e. The van der Waals surface area contributed by atoms with Crippen molar-refractivity contribution in [3.8, 4) is 0 Å². The quantitative estimate of drug-likeness (QED) is 0.526. The number of nitrogens with zero attached hydrogens (tertiary/aromatic N) is 2. The Kier molecular flexibility index (Phi) is 6.93. The van der Waals surface area contributed by atoms with E-state index in [0.29, 0.717) is 11.0 Å². The van der Waals surface area contributed by atoms with E-state index >= 15 is 0 Å². The van der Waals surface area contributed by atoms with E-state index in [2.05, 4.69) is 64.9 Å². The van der Waals surface area contributed by atoms with Gasteiger partial charge in [0.25, 0.3) is 0 Å². The number of carbonyl (C=O) groups excluding carboxylic acids is 1. The largest absolute Gasteiger partial charge is 0.355 e. The van der Waals surface area contributed by atoms with Gasteiger partial charge in [-0.15, -0.1) is 10.2 Å². The van der Waals surface area contributed by atoms with Crippen LogP contribution < -0.4 is 5.32 Å². The van der Waals surface area contributed by atoms with Crippen LogP contribution in [0.1, 0.15) is 31.1 Å². The molecule has 1 amide bonds. The Hall–Kier alpha value is -1.57. The Labute approximate surface area is 166 Å². The number of hydrogen-bond donors (Lipinski definition) is 1.